The summed E-state index contributed by atoms with van der Waals surface area (Å²) in [7, 11) is 3.18. The minimum absolute atomic E-state index is 0.144. The molecule has 2 aromatic heterocycles. The summed E-state index contributed by atoms with van der Waals surface area (Å²) in [4.78, 5) is 26.7. The molecule has 0 aliphatic heterocycles. The van der Waals surface area contributed by atoms with Gasteiger partial charge >= 0.3 is 0 Å². The summed E-state index contributed by atoms with van der Waals surface area (Å²) in [5.74, 6) is -0.818. The van der Waals surface area contributed by atoms with E-state index in [-0.39, 0.29) is 20.9 Å². The van der Waals surface area contributed by atoms with Gasteiger partial charge in [0, 0.05) is 14.1 Å². The van der Waals surface area contributed by atoms with Gasteiger partial charge in [-0.2, -0.15) is 10.4 Å². The van der Waals surface area contributed by atoms with Gasteiger partial charge in [0.15, 0.2) is 0 Å². The number of amides is 2. The third-order valence-electron chi connectivity index (χ3n) is 4.15. The topological polar surface area (TPSA) is 91.0 Å². The zero-order chi connectivity index (χ0) is 21.3. The summed E-state index contributed by atoms with van der Waals surface area (Å²) >= 11 is 4.07. The zero-order valence-corrected chi connectivity index (χ0v) is 18.2. The Bertz CT molecular complexity index is 977. The lowest BCUT2D eigenvalue weighted by molar-refractivity contribution is -0.119. The molecule has 0 saturated heterocycles. The largest absolute Gasteiger partial charge is 0.344 e. The second-order valence-electron chi connectivity index (χ2n) is 6.27. The van der Waals surface area contributed by atoms with Gasteiger partial charge in [0.2, 0.25) is 5.91 Å². The van der Waals surface area contributed by atoms with Crippen LogP contribution >= 0.6 is 27.3 Å². The first-order valence-electron chi connectivity index (χ1n) is 8.09. The van der Waals surface area contributed by atoms with Crippen LogP contribution < -0.4 is 5.32 Å². The molecule has 0 radical (unpaired) electrons. The fourth-order valence-electron chi connectivity index (χ4n) is 2.51. The maximum absolute atomic E-state index is 13.0. The average molecular weight is 474 g/mol. The number of nitrogens with zero attached hydrogens (tertiary/aromatic N) is 4. The number of thiophene rings is 1. The lowest BCUT2D eigenvalue weighted by Crippen LogP contribution is -2.25. The van der Waals surface area contributed by atoms with E-state index in [0.717, 1.165) is 11.3 Å². The van der Waals surface area contributed by atoms with Crippen molar-refractivity contribution < 1.29 is 18.4 Å². The van der Waals surface area contributed by atoms with Gasteiger partial charge < -0.3 is 10.2 Å². The van der Waals surface area contributed by atoms with Gasteiger partial charge in [-0.25, -0.2) is 8.78 Å². The van der Waals surface area contributed by atoms with Crippen molar-refractivity contribution in [2.24, 2.45) is 0 Å². The first-order chi connectivity index (χ1) is 13.0. The number of alkyl halides is 2. The minimum atomic E-state index is -2.78. The minimum Gasteiger partial charge on any atom is -0.344 e. The average Bonchev–Trinajstić information content (AvgIpc) is 3.10. The van der Waals surface area contributed by atoms with Gasteiger partial charge in [-0.1, -0.05) is 0 Å². The van der Waals surface area contributed by atoms with E-state index < -0.39 is 24.1 Å². The van der Waals surface area contributed by atoms with Crippen LogP contribution in [-0.2, 0) is 4.79 Å². The highest BCUT2D eigenvalue weighted by molar-refractivity contribution is 9.10. The van der Waals surface area contributed by atoms with E-state index in [1.165, 1.54) is 16.5 Å². The van der Waals surface area contributed by atoms with Crippen LogP contribution in [0.1, 0.15) is 51.6 Å². The van der Waals surface area contributed by atoms with Gasteiger partial charge in [-0.3, -0.25) is 14.3 Å². The van der Waals surface area contributed by atoms with E-state index in [9.17, 15) is 23.6 Å². The van der Waals surface area contributed by atoms with Crippen LogP contribution in [-0.4, -0.2) is 40.6 Å². The Morgan fingerprint density at radius 1 is 1.36 bits per heavy atom. The van der Waals surface area contributed by atoms with E-state index in [4.69, 9.17) is 0 Å². The molecule has 1 atom stereocenters. The number of aromatic nitrogens is 2. The molecule has 0 saturated carbocycles. The highest BCUT2D eigenvalue weighted by Crippen LogP contribution is 2.34. The Kier molecular flexibility index (Phi) is 6.56. The SMILES string of the molecule is Cc1c(C(=O)N(C)C)sc(NC(=O)[C@H](C)n2nc(C(F)F)c(Br)c2C)c1C#N. The van der Waals surface area contributed by atoms with E-state index in [2.05, 4.69) is 26.3 Å². The van der Waals surface area contributed by atoms with Crippen molar-refractivity contribution in [3.63, 3.8) is 0 Å². The first-order valence-corrected chi connectivity index (χ1v) is 9.70. The number of carbonyl (C=O) groups is 2. The number of hydrogen-bond donors (Lipinski definition) is 1. The summed E-state index contributed by atoms with van der Waals surface area (Å²) in [6.07, 6.45) is -2.78. The second kappa shape index (κ2) is 8.36. The predicted molar refractivity (Wildman–Crippen MR) is 105 cm³/mol. The van der Waals surface area contributed by atoms with Gasteiger partial charge in [0.1, 0.15) is 22.8 Å². The van der Waals surface area contributed by atoms with E-state index in [1.54, 1.807) is 27.9 Å². The molecule has 7 nitrogen and oxygen atoms in total. The van der Waals surface area contributed by atoms with Crippen LogP contribution in [0.2, 0.25) is 0 Å². The molecule has 0 aromatic carbocycles. The lowest BCUT2D eigenvalue weighted by Gasteiger charge is -2.14. The molecule has 0 bridgehead atoms. The summed E-state index contributed by atoms with van der Waals surface area (Å²) in [6.45, 7) is 4.71. The fourth-order valence-corrected chi connectivity index (χ4v) is 4.12. The van der Waals surface area contributed by atoms with Crippen molar-refractivity contribution in [2.75, 3.05) is 19.4 Å². The number of nitriles is 1. The van der Waals surface area contributed by atoms with Gasteiger partial charge in [0.25, 0.3) is 12.3 Å². The molecule has 0 aliphatic rings. The molecule has 1 N–H and O–H groups in total. The number of hydrogen-bond acceptors (Lipinski definition) is 5. The summed E-state index contributed by atoms with van der Waals surface area (Å²) in [6, 6.07) is 1.09. The van der Waals surface area contributed by atoms with Crippen LogP contribution in [0.3, 0.4) is 0 Å². The number of rotatable bonds is 5. The molecule has 0 fully saturated rings. The molecule has 2 heterocycles. The maximum Gasteiger partial charge on any atom is 0.283 e. The normalized spacial score (nSPS) is 12.0. The van der Waals surface area contributed by atoms with Crippen molar-refractivity contribution in [2.45, 2.75) is 33.2 Å². The van der Waals surface area contributed by atoms with Crippen LogP contribution in [0.4, 0.5) is 13.8 Å². The Morgan fingerprint density at radius 3 is 2.43 bits per heavy atom. The number of halogens is 3. The van der Waals surface area contributed by atoms with Crippen LogP contribution in [0.5, 0.6) is 0 Å². The van der Waals surface area contributed by atoms with Crippen molar-refractivity contribution in [1.29, 1.82) is 5.26 Å². The fraction of sp³-hybridized carbons (Fsp3) is 0.412. The first kappa shape index (κ1) is 22.0. The Morgan fingerprint density at radius 2 is 1.96 bits per heavy atom. The summed E-state index contributed by atoms with van der Waals surface area (Å²) in [5.41, 5.74) is 0.611. The summed E-state index contributed by atoms with van der Waals surface area (Å²) in [5, 5.41) is 16.1. The molecule has 0 aliphatic carbocycles. The third-order valence-corrected chi connectivity index (χ3v) is 6.33. The smallest absolute Gasteiger partial charge is 0.283 e. The van der Waals surface area contributed by atoms with Crippen LogP contribution in [0.25, 0.3) is 0 Å². The van der Waals surface area contributed by atoms with Crippen LogP contribution in [0.15, 0.2) is 4.47 Å². The molecule has 2 aromatic rings. The van der Waals surface area contributed by atoms with Gasteiger partial charge in [-0.15, -0.1) is 11.3 Å². The van der Waals surface area contributed by atoms with E-state index in [1.807, 2.05) is 6.07 Å². The Labute approximate surface area is 173 Å². The van der Waals surface area contributed by atoms with Gasteiger partial charge in [-0.05, 0) is 42.3 Å². The van der Waals surface area contributed by atoms with Crippen molar-refractivity contribution >= 4 is 44.1 Å². The van der Waals surface area contributed by atoms with Gasteiger partial charge in [0.05, 0.1) is 20.6 Å². The molecular formula is C17H18BrF2N5O2S. The monoisotopic (exact) mass is 473 g/mol. The molecule has 11 heteroatoms. The predicted octanol–water partition coefficient (Wildman–Crippen LogP) is 4.03. The number of nitrogens with one attached hydrogen (secondary N) is 1. The molecular weight excluding hydrogens is 456 g/mol. The lowest BCUT2D eigenvalue weighted by atomic mass is 10.1. The molecule has 2 rings (SSSR count). The number of carbonyl (C=O) groups excluding carboxylic acids is 2. The summed E-state index contributed by atoms with van der Waals surface area (Å²) < 4.78 is 27.4. The zero-order valence-electron chi connectivity index (χ0n) is 15.8. The molecule has 0 spiro atoms. The van der Waals surface area contributed by atoms with E-state index in [0.29, 0.717) is 16.1 Å². The van der Waals surface area contributed by atoms with Crippen molar-refractivity contribution in [1.82, 2.24) is 14.7 Å². The van der Waals surface area contributed by atoms with E-state index >= 15 is 0 Å². The van der Waals surface area contributed by atoms with Crippen molar-refractivity contribution in [3.8, 4) is 6.07 Å². The Hall–Kier alpha value is -2.32. The second-order valence-corrected chi connectivity index (χ2v) is 8.08. The quantitative estimate of drug-likeness (QED) is 0.709. The highest BCUT2D eigenvalue weighted by Gasteiger charge is 2.27. The van der Waals surface area contributed by atoms with Crippen molar-refractivity contribution in [3.05, 3.63) is 31.9 Å². The standard InChI is InChI=1S/C17H18BrF2N5O2S/c1-7-10(6-21)16(28-13(7)17(27)24(4)5)22-15(26)9(3)25-8(2)11(18)12(23-25)14(19)20/h9,14H,1-5H3,(H,22,26)/t9-/m0/s1. The molecule has 2 amide bonds. The van der Waals surface area contributed by atoms with Crippen LogP contribution in [0, 0.1) is 25.2 Å². The Balaban J connectivity index is 2.35. The highest BCUT2D eigenvalue weighted by atomic mass is 79.9. The number of anilines is 1. The molecule has 28 heavy (non-hydrogen) atoms. The molecule has 0 unspecified atom stereocenters. The molecule has 150 valence electrons. The third kappa shape index (κ3) is 3.93. The maximum atomic E-state index is 13.0.